The maximum atomic E-state index is 13.0. The molecule has 4 aliphatic heterocycles. The minimum absolute atomic E-state index is 0.163. The van der Waals surface area contributed by atoms with Crippen molar-refractivity contribution in [3.05, 3.63) is 59.2 Å². The number of anilines is 1. The van der Waals surface area contributed by atoms with Crippen LogP contribution in [0.4, 0.5) is 5.69 Å². The number of carbonyl (C=O) groups excluding carboxylic acids is 3. The Kier molecular flexibility index (Phi) is 7.52. The molecule has 2 aromatic carbocycles. The van der Waals surface area contributed by atoms with Gasteiger partial charge in [-0.15, -0.1) is 0 Å². The van der Waals surface area contributed by atoms with Crippen LogP contribution in [0, 0.1) is 0 Å². The topological polar surface area (TPSA) is 91.4 Å². The van der Waals surface area contributed by atoms with Crippen LogP contribution >= 0.6 is 0 Å². The summed E-state index contributed by atoms with van der Waals surface area (Å²) in [5, 5.41) is 2.36. The third-order valence-corrected chi connectivity index (χ3v) is 8.40. The van der Waals surface area contributed by atoms with E-state index in [1.807, 2.05) is 12.1 Å². The SMILES string of the molecule is O=C1CCC(N2Cc3cc(OC[C@H]4CCCCN4Cc4ccccc4N4CCOCC4)ccc3C2=O)C(=O)N1. The van der Waals surface area contributed by atoms with Crippen molar-refractivity contribution >= 4 is 23.4 Å². The normalized spacial score (nSPS) is 24.1. The summed E-state index contributed by atoms with van der Waals surface area (Å²) in [7, 11) is 0. The van der Waals surface area contributed by atoms with Gasteiger partial charge in [-0.3, -0.25) is 24.6 Å². The van der Waals surface area contributed by atoms with E-state index in [9.17, 15) is 14.4 Å². The van der Waals surface area contributed by atoms with Crippen molar-refractivity contribution < 1.29 is 23.9 Å². The number of ether oxygens (including phenoxy) is 2. The maximum Gasteiger partial charge on any atom is 0.255 e. The number of hydrogen-bond donors (Lipinski definition) is 1. The van der Waals surface area contributed by atoms with E-state index in [2.05, 4.69) is 39.4 Å². The molecule has 9 nitrogen and oxygen atoms in total. The van der Waals surface area contributed by atoms with E-state index in [0.717, 1.165) is 57.1 Å². The van der Waals surface area contributed by atoms with Crippen LogP contribution in [0.2, 0.25) is 0 Å². The van der Waals surface area contributed by atoms with Gasteiger partial charge in [0.15, 0.2) is 0 Å². The largest absolute Gasteiger partial charge is 0.492 e. The van der Waals surface area contributed by atoms with Gasteiger partial charge in [0.1, 0.15) is 18.4 Å². The summed E-state index contributed by atoms with van der Waals surface area (Å²) < 4.78 is 11.9. The first-order valence-corrected chi connectivity index (χ1v) is 14.1. The Hall–Kier alpha value is -3.43. The molecule has 0 radical (unpaired) electrons. The van der Waals surface area contributed by atoms with Crippen LogP contribution in [-0.2, 0) is 27.4 Å². The molecule has 3 amide bonds. The zero-order valence-electron chi connectivity index (χ0n) is 22.3. The van der Waals surface area contributed by atoms with Crippen molar-refractivity contribution in [2.75, 3.05) is 44.4 Å². The number of fused-ring (bicyclic) bond motifs is 1. The summed E-state index contributed by atoms with van der Waals surface area (Å²) in [5.74, 6) is -0.0942. The van der Waals surface area contributed by atoms with Crippen LogP contribution in [0.5, 0.6) is 5.75 Å². The highest BCUT2D eigenvalue weighted by Gasteiger charge is 2.39. The second-order valence-corrected chi connectivity index (χ2v) is 10.9. The fraction of sp³-hybridized carbons (Fsp3) is 0.500. The third kappa shape index (κ3) is 5.51. The maximum absolute atomic E-state index is 13.0. The minimum atomic E-state index is -0.608. The molecular formula is C30H36N4O5. The van der Waals surface area contributed by atoms with Crippen LogP contribution in [0.3, 0.4) is 0 Å². The van der Waals surface area contributed by atoms with Crippen molar-refractivity contribution in [3.63, 3.8) is 0 Å². The molecule has 4 heterocycles. The number of benzene rings is 2. The number of rotatable bonds is 7. The smallest absolute Gasteiger partial charge is 0.255 e. The summed E-state index contributed by atoms with van der Waals surface area (Å²) in [4.78, 5) is 43.4. The summed E-state index contributed by atoms with van der Waals surface area (Å²) in [6.45, 7) is 6.26. The number of para-hydroxylation sites is 1. The first-order chi connectivity index (χ1) is 19.1. The molecule has 9 heteroatoms. The summed E-state index contributed by atoms with van der Waals surface area (Å²) >= 11 is 0. The minimum Gasteiger partial charge on any atom is -0.492 e. The highest BCUT2D eigenvalue weighted by molar-refractivity contribution is 6.05. The molecular weight excluding hydrogens is 496 g/mol. The molecule has 6 rings (SSSR count). The second kappa shape index (κ2) is 11.4. The van der Waals surface area contributed by atoms with Gasteiger partial charge in [0.05, 0.1) is 13.2 Å². The fourth-order valence-corrected chi connectivity index (χ4v) is 6.27. The molecule has 0 spiro atoms. The van der Waals surface area contributed by atoms with Gasteiger partial charge in [-0.2, -0.15) is 0 Å². The van der Waals surface area contributed by atoms with Gasteiger partial charge < -0.3 is 19.3 Å². The lowest BCUT2D eigenvalue weighted by Crippen LogP contribution is -2.52. The van der Waals surface area contributed by atoms with Gasteiger partial charge in [0.25, 0.3) is 5.91 Å². The lowest BCUT2D eigenvalue weighted by Gasteiger charge is -2.37. The molecule has 0 saturated carbocycles. The average molecular weight is 533 g/mol. The standard InChI is InChI=1S/C30H36N4O5/c35-28-11-10-27(29(36)31-28)34-19-22-17-24(8-9-25(22)30(34)37)39-20-23-6-3-4-12-33(23)18-21-5-1-2-7-26(21)32-13-15-38-16-14-32/h1-2,5,7-9,17,23,27H,3-4,6,10-16,18-20H2,(H,31,35,36)/t23-,27?/m1/s1. The van der Waals surface area contributed by atoms with Gasteiger partial charge in [-0.1, -0.05) is 24.6 Å². The van der Waals surface area contributed by atoms with Crippen LogP contribution < -0.4 is 15.0 Å². The van der Waals surface area contributed by atoms with E-state index in [1.165, 1.54) is 24.1 Å². The van der Waals surface area contributed by atoms with Gasteiger partial charge in [0, 0.05) is 49.9 Å². The second-order valence-electron chi connectivity index (χ2n) is 10.9. The van der Waals surface area contributed by atoms with Crippen LogP contribution in [-0.4, -0.2) is 79.1 Å². The number of piperidine rings is 2. The Labute approximate surface area is 229 Å². The van der Waals surface area contributed by atoms with Crippen LogP contribution in [0.1, 0.15) is 53.6 Å². The van der Waals surface area contributed by atoms with Gasteiger partial charge in [0.2, 0.25) is 11.8 Å². The zero-order chi connectivity index (χ0) is 26.8. The average Bonchev–Trinajstić information content (AvgIpc) is 3.28. The van der Waals surface area contributed by atoms with Crippen molar-refractivity contribution in [2.24, 2.45) is 0 Å². The lowest BCUT2D eigenvalue weighted by atomic mass is 10.0. The number of imide groups is 1. The number of morpholine rings is 1. The van der Waals surface area contributed by atoms with E-state index in [0.29, 0.717) is 31.2 Å². The predicted octanol–water partition coefficient (Wildman–Crippen LogP) is 2.72. The van der Waals surface area contributed by atoms with E-state index < -0.39 is 11.9 Å². The number of amides is 3. The quantitative estimate of drug-likeness (QED) is 0.549. The van der Waals surface area contributed by atoms with Gasteiger partial charge >= 0.3 is 0 Å². The molecule has 0 aliphatic carbocycles. The van der Waals surface area contributed by atoms with Crippen LogP contribution in [0.15, 0.2) is 42.5 Å². The highest BCUT2D eigenvalue weighted by atomic mass is 16.5. The monoisotopic (exact) mass is 532 g/mol. The molecule has 1 N–H and O–H groups in total. The zero-order valence-corrected chi connectivity index (χ0v) is 22.3. The predicted molar refractivity (Wildman–Crippen MR) is 146 cm³/mol. The first-order valence-electron chi connectivity index (χ1n) is 14.1. The van der Waals surface area contributed by atoms with E-state index in [1.54, 1.807) is 11.0 Å². The van der Waals surface area contributed by atoms with Crippen molar-refractivity contribution in [2.45, 2.75) is 57.3 Å². The molecule has 3 fully saturated rings. The Bertz CT molecular complexity index is 1240. The van der Waals surface area contributed by atoms with Crippen LogP contribution in [0.25, 0.3) is 0 Å². The van der Waals surface area contributed by atoms with Crippen molar-refractivity contribution in [1.29, 1.82) is 0 Å². The fourth-order valence-electron chi connectivity index (χ4n) is 6.27. The number of hydrogen-bond acceptors (Lipinski definition) is 7. The van der Waals surface area contributed by atoms with Gasteiger partial charge in [-0.25, -0.2) is 0 Å². The Morgan fingerprint density at radius 1 is 0.974 bits per heavy atom. The van der Waals surface area contributed by atoms with E-state index >= 15 is 0 Å². The molecule has 39 heavy (non-hydrogen) atoms. The van der Waals surface area contributed by atoms with Crippen molar-refractivity contribution in [3.8, 4) is 5.75 Å². The lowest BCUT2D eigenvalue weighted by molar-refractivity contribution is -0.136. The summed E-state index contributed by atoms with van der Waals surface area (Å²) in [6, 6.07) is 14.0. The van der Waals surface area contributed by atoms with E-state index in [-0.39, 0.29) is 18.2 Å². The highest BCUT2D eigenvalue weighted by Crippen LogP contribution is 2.31. The number of nitrogens with one attached hydrogen (secondary N) is 1. The molecule has 1 unspecified atom stereocenters. The molecule has 4 aliphatic rings. The molecule has 3 saturated heterocycles. The molecule has 0 aromatic heterocycles. The summed E-state index contributed by atoms with van der Waals surface area (Å²) in [6.07, 6.45) is 4.08. The molecule has 2 atom stereocenters. The Morgan fingerprint density at radius 2 is 1.82 bits per heavy atom. The number of nitrogens with zero attached hydrogens (tertiary/aromatic N) is 3. The third-order valence-electron chi connectivity index (χ3n) is 8.40. The number of likely N-dealkylation sites (tertiary alicyclic amines) is 1. The van der Waals surface area contributed by atoms with Gasteiger partial charge in [-0.05, 0) is 61.2 Å². The number of carbonyl (C=O) groups is 3. The Morgan fingerprint density at radius 3 is 2.67 bits per heavy atom. The molecule has 0 bridgehead atoms. The van der Waals surface area contributed by atoms with Crippen molar-refractivity contribution in [1.82, 2.24) is 15.1 Å². The molecule has 2 aromatic rings. The first kappa shape index (κ1) is 25.8. The Balaban J connectivity index is 1.10. The van der Waals surface area contributed by atoms with E-state index in [4.69, 9.17) is 9.47 Å². The summed E-state index contributed by atoms with van der Waals surface area (Å²) in [5.41, 5.74) is 4.11. The molecule has 206 valence electrons.